The smallest absolute Gasteiger partial charge is 0.245 e. The zero-order valence-corrected chi connectivity index (χ0v) is 11.6. The van der Waals surface area contributed by atoms with E-state index in [0.29, 0.717) is 5.75 Å². The quantitative estimate of drug-likeness (QED) is 0.837. The fraction of sp³-hybridized carbons (Fsp3) is 0.400. The van der Waals surface area contributed by atoms with Gasteiger partial charge in [-0.2, -0.15) is 11.8 Å². The summed E-state index contributed by atoms with van der Waals surface area (Å²) >= 11 is 1.45. The Morgan fingerprint density at radius 3 is 2.56 bits per heavy atom. The van der Waals surface area contributed by atoms with Gasteiger partial charge in [0.05, 0.1) is 0 Å². The Morgan fingerprint density at radius 1 is 1.39 bits per heavy atom. The lowest BCUT2D eigenvalue weighted by molar-refractivity contribution is 0.460. The molecule has 18 heavy (non-hydrogen) atoms. The van der Waals surface area contributed by atoms with Crippen LogP contribution in [0.2, 0.25) is 0 Å². The lowest BCUT2D eigenvalue weighted by Crippen LogP contribution is -2.30. The Morgan fingerprint density at radius 2 is 2.00 bits per heavy atom. The van der Waals surface area contributed by atoms with Crippen LogP contribution < -0.4 is 5.73 Å². The van der Waals surface area contributed by atoms with E-state index in [1.165, 1.54) is 18.8 Å². The largest absolute Gasteiger partial charge is 0.399 e. The van der Waals surface area contributed by atoms with Gasteiger partial charge in [0.15, 0.2) is 11.6 Å². The predicted molar refractivity (Wildman–Crippen MR) is 69.0 cm³/mol. The van der Waals surface area contributed by atoms with Crippen LogP contribution in [0.25, 0.3) is 0 Å². The normalized spacial score (nSPS) is 12.1. The number of sulfonamides is 1. The second-order valence-electron chi connectivity index (χ2n) is 3.63. The van der Waals surface area contributed by atoms with Gasteiger partial charge in [0.2, 0.25) is 10.0 Å². The minimum absolute atomic E-state index is 0.134. The Kier molecular flexibility index (Phi) is 4.94. The van der Waals surface area contributed by atoms with E-state index in [4.69, 9.17) is 5.73 Å². The molecule has 1 rings (SSSR count). The highest BCUT2D eigenvalue weighted by Crippen LogP contribution is 2.23. The molecule has 0 aliphatic heterocycles. The van der Waals surface area contributed by atoms with Crippen LogP contribution in [0.4, 0.5) is 14.5 Å². The third kappa shape index (κ3) is 3.12. The number of benzene rings is 1. The zero-order valence-electron chi connectivity index (χ0n) is 9.98. The van der Waals surface area contributed by atoms with Crippen LogP contribution in [0, 0.1) is 11.6 Å². The molecule has 0 bridgehead atoms. The molecule has 2 N–H and O–H groups in total. The van der Waals surface area contributed by atoms with Crippen molar-refractivity contribution < 1.29 is 17.2 Å². The number of hydrogen-bond acceptors (Lipinski definition) is 4. The van der Waals surface area contributed by atoms with Gasteiger partial charge >= 0.3 is 0 Å². The summed E-state index contributed by atoms with van der Waals surface area (Å²) in [6.45, 7) is 0.208. The molecule has 0 aliphatic carbocycles. The summed E-state index contributed by atoms with van der Waals surface area (Å²) in [6, 6.07) is 1.67. The first-order valence-corrected chi connectivity index (χ1v) is 7.84. The molecule has 0 spiro atoms. The van der Waals surface area contributed by atoms with Gasteiger partial charge in [-0.05, 0) is 18.4 Å². The van der Waals surface area contributed by atoms with E-state index in [0.717, 1.165) is 16.4 Å². The third-order valence-electron chi connectivity index (χ3n) is 2.32. The first-order valence-electron chi connectivity index (χ1n) is 5.00. The van der Waals surface area contributed by atoms with Gasteiger partial charge in [-0.25, -0.2) is 21.5 Å². The third-order valence-corrected chi connectivity index (χ3v) is 4.76. The zero-order chi connectivity index (χ0) is 13.9. The Bertz CT molecular complexity index is 535. The summed E-state index contributed by atoms with van der Waals surface area (Å²) in [7, 11) is -2.75. The fourth-order valence-electron chi connectivity index (χ4n) is 1.28. The lowest BCUT2D eigenvalue weighted by Gasteiger charge is -2.17. The summed E-state index contributed by atoms with van der Waals surface area (Å²) in [6.07, 6.45) is 1.82. The van der Waals surface area contributed by atoms with Crippen molar-refractivity contribution in [3.05, 3.63) is 23.8 Å². The van der Waals surface area contributed by atoms with Gasteiger partial charge in [0, 0.05) is 25.0 Å². The van der Waals surface area contributed by atoms with Crippen LogP contribution in [-0.4, -0.2) is 38.3 Å². The molecule has 4 nitrogen and oxygen atoms in total. The Labute approximate surface area is 109 Å². The van der Waals surface area contributed by atoms with Crippen LogP contribution in [0.15, 0.2) is 17.0 Å². The average molecular weight is 296 g/mol. The molecule has 102 valence electrons. The molecule has 0 aliphatic rings. The molecule has 0 heterocycles. The molecule has 1 aromatic rings. The van der Waals surface area contributed by atoms with E-state index >= 15 is 0 Å². The highest BCUT2D eigenvalue weighted by atomic mass is 32.2. The standard InChI is InChI=1S/C10H14F2N2O2S2/c1-14(3-4-17-2)18(15,16)9-6-7(13)5-8(11)10(9)12/h5-6H,3-4,13H2,1-2H3. The van der Waals surface area contributed by atoms with Crippen LogP contribution >= 0.6 is 11.8 Å². The number of hydrogen-bond donors (Lipinski definition) is 1. The number of anilines is 1. The van der Waals surface area contributed by atoms with Gasteiger partial charge in [0.25, 0.3) is 0 Å². The van der Waals surface area contributed by atoms with E-state index < -0.39 is 26.6 Å². The number of thioether (sulfide) groups is 1. The van der Waals surface area contributed by atoms with Gasteiger partial charge in [0.1, 0.15) is 4.90 Å². The highest BCUT2D eigenvalue weighted by Gasteiger charge is 2.26. The fourth-order valence-corrected chi connectivity index (χ4v) is 3.13. The molecular formula is C10H14F2N2O2S2. The molecule has 0 aromatic heterocycles. The van der Waals surface area contributed by atoms with Crippen molar-refractivity contribution in [1.82, 2.24) is 4.31 Å². The number of nitrogens with zero attached hydrogens (tertiary/aromatic N) is 1. The summed E-state index contributed by atoms with van der Waals surface area (Å²) in [5.74, 6) is -2.12. The molecule has 0 unspecified atom stereocenters. The molecule has 0 saturated carbocycles. The summed E-state index contributed by atoms with van der Waals surface area (Å²) in [4.78, 5) is -0.733. The summed E-state index contributed by atoms with van der Waals surface area (Å²) in [5.41, 5.74) is 5.20. The number of halogens is 2. The molecule has 0 radical (unpaired) electrons. The SMILES string of the molecule is CSCCN(C)S(=O)(=O)c1cc(N)cc(F)c1F. The molecule has 0 fully saturated rings. The van der Waals surface area contributed by atoms with E-state index in [9.17, 15) is 17.2 Å². The molecular weight excluding hydrogens is 282 g/mol. The molecule has 0 atom stereocenters. The Hall–Kier alpha value is -0.860. The minimum atomic E-state index is -4.06. The maximum absolute atomic E-state index is 13.5. The lowest BCUT2D eigenvalue weighted by atomic mass is 10.3. The number of nitrogen functional groups attached to an aromatic ring is 1. The van der Waals surface area contributed by atoms with Gasteiger partial charge in [-0.15, -0.1) is 0 Å². The van der Waals surface area contributed by atoms with E-state index in [2.05, 4.69) is 0 Å². The van der Waals surface area contributed by atoms with Crippen molar-refractivity contribution in [1.29, 1.82) is 0 Å². The van der Waals surface area contributed by atoms with Crippen LogP contribution in [0.3, 0.4) is 0 Å². The summed E-state index contributed by atoms with van der Waals surface area (Å²) in [5, 5.41) is 0. The van der Waals surface area contributed by atoms with Crippen LogP contribution in [-0.2, 0) is 10.0 Å². The van der Waals surface area contributed by atoms with Crippen LogP contribution in [0.1, 0.15) is 0 Å². The number of nitrogens with two attached hydrogens (primary N) is 1. The van der Waals surface area contributed by atoms with Crippen molar-refractivity contribution >= 4 is 27.5 Å². The van der Waals surface area contributed by atoms with Gasteiger partial charge < -0.3 is 5.73 Å². The Balaban J connectivity index is 3.20. The maximum Gasteiger partial charge on any atom is 0.245 e. The minimum Gasteiger partial charge on any atom is -0.399 e. The van der Waals surface area contributed by atoms with Crippen LogP contribution in [0.5, 0.6) is 0 Å². The second kappa shape index (κ2) is 5.85. The van der Waals surface area contributed by atoms with E-state index in [1.54, 1.807) is 0 Å². The number of rotatable bonds is 5. The molecule has 0 amide bonds. The molecule has 1 aromatic carbocycles. The van der Waals surface area contributed by atoms with Crippen molar-refractivity contribution in [2.24, 2.45) is 0 Å². The maximum atomic E-state index is 13.5. The highest BCUT2D eigenvalue weighted by molar-refractivity contribution is 7.98. The first kappa shape index (κ1) is 15.2. The topological polar surface area (TPSA) is 63.4 Å². The predicted octanol–water partition coefficient (Wildman–Crippen LogP) is 1.53. The second-order valence-corrected chi connectivity index (χ2v) is 6.63. The van der Waals surface area contributed by atoms with Crippen molar-refractivity contribution in [3.8, 4) is 0 Å². The van der Waals surface area contributed by atoms with Crippen molar-refractivity contribution in [2.75, 3.05) is 31.3 Å². The summed E-state index contributed by atoms with van der Waals surface area (Å²) < 4.78 is 51.7. The monoisotopic (exact) mass is 296 g/mol. The van der Waals surface area contributed by atoms with Crippen molar-refractivity contribution in [2.45, 2.75) is 4.90 Å². The average Bonchev–Trinajstić information content (AvgIpc) is 2.30. The van der Waals surface area contributed by atoms with Gasteiger partial charge in [-0.3, -0.25) is 0 Å². The van der Waals surface area contributed by atoms with Crippen molar-refractivity contribution in [3.63, 3.8) is 0 Å². The van der Waals surface area contributed by atoms with E-state index in [1.807, 2.05) is 6.26 Å². The molecule has 8 heteroatoms. The molecule has 0 saturated heterocycles. The van der Waals surface area contributed by atoms with Gasteiger partial charge in [-0.1, -0.05) is 0 Å². The first-order chi connectivity index (χ1) is 8.30. The van der Waals surface area contributed by atoms with E-state index in [-0.39, 0.29) is 12.2 Å².